The third-order valence-corrected chi connectivity index (χ3v) is 4.71. The van der Waals surface area contributed by atoms with E-state index in [9.17, 15) is 4.79 Å². The number of carbonyl (C=O) groups excluding carboxylic acids is 1. The zero-order chi connectivity index (χ0) is 18.7. The Hall–Kier alpha value is -2.89. The molecule has 2 aromatic carbocycles. The molecule has 2 aromatic rings. The van der Waals surface area contributed by atoms with Gasteiger partial charge >= 0.3 is 0 Å². The van der Waals surface area contributed by atoms with Crippen LogP contribution in [0, 0.1) is 0 Å². The van der Waals surface area contributed by atoms with Crippen molar-refractivity contribution in [1.29, 1.82) is 0 Å². The molecule has 1 aliphatic carbocycles. The highest BCUT2D eigenvalue weighted by Crippen LogP contribution is 2.38. The molecule has 0 aliphatic heterocycles. The van der Waals surface area contributed by atoms with Crippen molar-refractivity contribution in [3.8, 4) is 17.2 Å². The number of nitrogen functional groups attached to an aromatic ring is 1. The average Bonchev–Trinajstić information content (AvgIpc) is 2.66. The summed E-state index contributed by atoms with van der Waals surface area (Å²) >= 11 is 0. The monoisotopic (exact) mass is 356 g/mol. The zero-order valence-electron chi connectivity index (χ0n) is 15.3. The fraction of sp³-hybridized carbons (Fsp3) is 0.350. The molecule has 6 nitrogen and oxygen atoms in total. The van der Waals surface area contributed by atoms with Crippen LogP contribution in [0.1, 0.15) is 40.4 Å². The van der Waals surface area contributed by atoms with E-state index in [1.807, 2.05) is 18.2 Å². The number of hydrogen-bond acceptors (Lipinski definition) is 5. The summed E-state index contributed by atoms with van der Waals surface area (Å²) in [5, 5.41) is 3.12. The lowest BCUT2D eigenvalue weighted by molar-refractivity contribution is 0.0932. The number of benzene rings is 2. The van der Waals surface area contributed by atoms with Gasteiger partial charge in [0, 0.05) is 11.3 Å². The molecular weight excluding hydrogens is 332 g/mol. The van der Waals surface area contributed by atoms with Gasteiger partial charge in [0.05, 0.1) is 27.4 Å². The van der Waals surface area contributed by atoms with Crippen molar-refractivity contribution in [2.45, 2.75) is 25.3 Å². The van der Waals surface area contributed by atoms with Crippen LogP contribution in [0.5, 0.6) is 17.2 Å². The van der Waals surface area contributed by atoms with Gasteiger partial charge in [-0.3, -0.25) is 4.79 Å². The molecule has 1 aliphatic rings. The summed E-state index contributed by atoms with van der Waals surface area (Å²) in [5.74, 6) is 1.19. The molecule has 26 heavy (non-hydrogen) atoms. The Balaban J connectivity index is 1.88. The number of hydrogen-bond donors (Lipinski definition) is 2. The molecule has 1 atom stereocenters. The second kappa shape index (κ2) is 7.56. The molecule has 1 unspecified atom stereocenters. The Kier molecular flexibility index (Phi) is 5.21. The molecule has 3 rings (SSSR count). The molecule has 1 amide bonds. The highest BCUT2D eigenvalue weighted by Gasteiger charge is 2.24. The number of nitrogens with one attached hydrogen (secondary N) is 1. The van der Waals surface area contributed by atoms with Crippen molar-refractivity contribution in [1.82, 2.24) is 5.32 Å². The van der Waals surface area contributed by atoms with Crippen LogP contribution in [0.4, 0.5) is 5.69 Å². The minimum Gasteiger partial charge on any atom is -0.493 e. The Labute approximate surface area is 153 Å². The molecule has 0 bridgehead atoms. The standard InChI is InChI=1S/C20H24N2O4/c1-24-17-10-13(11-18(25-2)19(17)26-3)20(23)22-16-6-4-5-12-9-14(21)7-8-15(12)16/h7-11,16H,4-6,21H2,1-3H3,(H,22,23). The number of nitrogens with two attached hydrogens (primary N) is 1. The number of rotatable bonds is 5. The summed E-state index contributed by atoms with van der Waals surface area (Å²) in [5.41, 5.74) is 9.43. The molecule has 6 heteroatoms. The van der Waals surface area contributed by atoms with Gasteiger partial charge in [0.1, 0.15) is 0 Å². The van der Waals surface area contributed by atoms with Crippen molar-refractivity contribution in [2.24, 2.45) is 0 Å². The number of ether oxygens (including phenoxy) is 3. The highest BCUT2D eigenvalue weighted by atomic mass is 16.5. The number of carbonyl (C=O) groups is 1. The zero-order valence-corrected chi connectivity index (χ0v) is 15.3. The highest BCUT2D eigenvalue weighted by molar-refractivity contribution is 5.96. The normalized spacial score (nSPS) is 15.7. The number of aryl methyl sites for hydroxylation is 1. The quantitative estimate of drug-likeness (QED) is 0.805. The second-order valence-corrected chi connectivity index (χ2v) is 6.29. The largest absolute Gasteiger partial charge is 0.493 e. The van der Waals surface area contributed by atoms with E-state index in [1.54, 1.807) is 12.1 Å². The van der Waals surface area contributed by atoms with E-state index in [0.29, 0.717) is 22.8 Å². The Morgan fingerprint density at radius 1 is 1.08 bits per heavy atom. The summed E-state index contributed by atoms with van der Waals surface area (Å²) in [6.45, 7) is 0. The van der Waals surface area contributed by atoms with Gasteiger partial charge in [0.25, 0.3) is 5.91 Å². The third kappa shape index (κ3) is 3.40. The SMILES string of the molecule is COc1cc(C(=O)NC2CCCc3cc(N)ccc32)cc(OC)c1OC. The van der Waals surface area contributed by atoms with Crippen LogP contribution < -0.4 is 25.3 Å². The molecular formula is C20H24N2O4. The lowest BCUT2D eigenvalue weighted by atomic mass is 9.87. The van der Waals surface area contributed by atoms with Gasteiger partial charge in [0.15, 0.2) is 11.5 Å². The summed E-state index contributed by atoms with van der Waals surface area (Å²) in [7, 11) is 4.59. The Bertz CT molecular complexity index is 794. The molecule has 3 N–H and O–H groups in total. The summed E-state index contributed by atoms with van der Waals surface area (Å²) in [6.07, 6.45) is 2.89. The molecule has 0 radical (unpaired) electrons. The first-order valence-corrected chi connectivity index (χ1v) is 8.56. The van der Waals surface area contributed by atoms with Gasteiger partial charge in [-0.05, 0) is 54.7 Å². The fourth-order valence-electron chi connectivity index (χ4n) is 3.44. The van der Waals surface area contributed by atoms with Crippen LogP contribution in [0.2, 0.25) is 0 Å². The van der Waals surface area contributed by atoms with Crippen LogP contribution in [-0.4, -0.2) is 27.2 Å². The van der Waals surface area contributed by atoms with Crippen LogP contribution in [-0.2, 0) is 6.42 Å². The van der Waals surface area contributed by atoms with E-state index in [4.69, 9.17) is 19.9 Å². The first-order valence-electron chi connectivity index (χ1n) is 8.56. The van der Waals surface area contributed by atoms with Gasteiger partial charge < -0.3 is 25.3 Å². The molecule has 0 fully saturated rings. The fourth-order valence-corrected chi connectivity index (χ4v) is 3.44. The Morgan fingerprint density at radius 3 is 2.38 bits per heavy atom. The summed E-state index contributed by atoms with van der Waals surface area (Å²) < 4.78 is 16.0. The van der Waals surface area contributed by atoms with Crippen molar-refractivity contribution in [3.05, 3.63) is 47.0 Å². The lowest BCUT2D eigenvalue weighted by Crippen LogP contribution is -2.31. The maximum absolute atomic E-state index is 12.8. The smallest absolute Gasteiger partial charge is 0.252 e. The van der Waals surface area contributed by atoms with Crippen LogP contribution in [0.3, 0.4) is 0 Å². The van der Waals surface area contributed by atoms with E-state index >= 15 is 0 Å². The van der Waals surface area contributed by atoms with Crippen molar-refractivity contribution in [3.63, 3.8) is 0 Å². The van der Waals surface area contributed by atoms with E-state index in [0.717, 1.165) is 30.5 Å². The maximum Gasteiger partial charge on any atom is 0.252 e. The number of amides is 1. The minimum absolute atomic E-state index is 0.0362. The average molecular weight is 356 g/mol. The summed E-state index contributed by atoms with van der Waals surface area (Å²) in [6, 6.07) is 9.15. The van der Waals surface area contributed by atoms with E-state index < -0.39 is 0 Å². The molecule has 0 saturated carbocycles. The molecule has 0 spiro atoms. The van der Waals surface area contributed by atoms with E-state index in [1.165, 1.54) is 26.9 Å². The topological polar surface area (TPSA) is 82.8 Å². The summed E-state index contributed by atoms with van der Waals surface area (Å²) in [4.78, 5) is 12.8. The predicted octanol–water partition coefficient (Wildman–Crippen LogP) is 3.10. The van der Waals surface area contributed by atoms with Crippen LogP contribution in [0.25, 0.3) is 0 Å². The van der Waals surface area contributed by atoms with E-state index in [2.05, 4.69) is 5.32 Å². The number of fused-ring (bicyclic) bond motifs is 1. The Morgan fingerprint density at radius 2 is 1.77 bits per heavy atom. The minimum atomic E-state index is -0.182. The van der Waals surface area contributed by atoms with Crippen molar-refractivity contribution in [2.75, 3.05) is 27.1 Å². The van der Waals surface area contributed by atoms with Gasteiger partial charge in [-0.1, -0.05) is 6.07 Å². The second-order valence-electron chi connectivity index (χ2n) is 6.29. The van der Waals surface area contributed by atoms with Crippen molar-refractivity contribution >= 4 is 11.6 Å². The van der Waals surface area contributed by atoms with Crippen molar-refractivity contribution < 1.29 is 19.0 Å². The lowest BCUT2D eigenvalue weighted by Gasteiger charge is -2.27. The first kappa shape index (κ1) is 17.9. The van der Waals surface area contributed by atoms with Crippen LogP contribution >= 0.6 is 0 Å². The molecule has 0 aromatic heterocycles. The number of anilines is 1. The predicted molar refractivity (Wildman–Crippen MR) is 100 cm³/mol. The molecule has 0 saturated heterocycles. The van der Waals surface area contributed by atoms with Gasteiger partial charge in [-0.2, -0.15) is 0 Å². The number of methoxy groups -OCH3 is 3. The molecule has 0 heterocycles. The maximum atomic E-state index is 12.8. The van der Waals surface area contributed by atoms with Crippen LogP contribution in [0.15, 0.2) is 30.3 Å². The van der Waals surface area contributed by atoms with E-state index in [-0.39, 0.29) is 11.9 Å². The van der Waals surface area contributed by atoms with Gasteiger partial charge in [-0.15, -0.1) is 0 Å². The van der Waals surface area contributed by atoms with Gasteiger partial charge in [0.2, 0.25) is 5.75 Å². The molecule has 138 valence electrons. The van der Waals surface area contributed by atoms with Gasteiger partial charge in [-0.25, -0.2) is 0 Å². The first-order chi connectivity index (χ1) is 12.6. The third-order valence-electron chi connectivity index (χ3n) is 4.71.